The van der Waals surface area contributed by atoms with E-state index in [1.54, 1.807) is 7.11 Å². The fraction of sp³-hybridized carbons (Fsp3) is 0.857. The van der Waals surface area contributed by atoms with Gasteiger partial charge in [0.15, 0.2) is 0 Å². The predicted molar refractivity (Wildman–Crippen MR) is 37.6 cm³/mol. The lowest BCUT2D eigenvalue weighted by Gasteiger charge is -1.99. The second-order valence-corrected chi connectivity index (χ2v) is 2.54. The van der Waals surface area contributed by atoms with Crippen LogP contribution >= 0.6 is 0 Å². The van der Waals surface area contributed by atoms with Crippen molar-refractivity contribution in [3.05, 3.63) is 0 Å². The van der Waals surface area contributed by atoms with Crippen LogP contribution in [0, 0.1) is 0 Å². The fourth-order valence-electron chi connectivity index (χ4n) is 0.893. The van der Waals surface area contributed by atoms with Crippen LogP contribution < -0.4 is 5.32 Å². The van der Waals surface area contributed by atoms with Gasteiger partial charge in [-0.3, -0.25) is 4.79 Å². The highest BCUT2D eigenvalue weighted by Gasteiger charge is 2.38. The zero-order valence-electron chi connectivity index (χ0n) is 6.39. The third kappa shape index (κ3) is 1.70. The average molecular weight is 143 g/mol. The Labute approximate surface area is 60.7 Å². The molecule has 1 N–H and O–H groups in total. The molecule has 0 bridgehead atoms. The fourth-order valence-corrected chi connectivity index (χ4v) is 0.893. The topological polar surface area (TPSA) is 38.3 Å². The van der Waals surface area contributed by atoms with Crippen LogP contribution in [-0.4, -0.2) is 25.2 Å². The molecule has 0 aromatic heterocycles. The van der Waals surface area contributed by atoms with E-state index in [9.17, 15) is 4.79 Å². The normalized spacial score (nSPS) is 29.8. The van der Waals surface area contributed by atoms with Crippen molar-refractivity contribution in [1.82, 2.24) is 5.32 Å². The third-order valence-corrected chi connectivity index (χ3v) is 1.70. The summed E-state index contributed by atoms with van der Waals surface area (Å²) in [5.41, 5.74) is 0. The first-order valence-electron chi connectivity index (χ1n) is 3.60. The van der Waals surface area contributed by atoms with E-state index in [0.29, 0.717) is 6.42 Å². The van der Waals surface area contributed by atoms with Crippen molar-refractivity contribution >= 4 is 5.91 Å². The Hall–Kier alpha value is -0.570. The van der Waals surface area contributed by atoms with Crippen molar-refractivity contribution in [2.45, 2.75) is 31.9 Å². The van der Waals surface area contributed by atoms with Crippen molar-refractivity contribution in [2.24, 2.45) is 0 Å². The first-order valence-corrected chi connectivity index (χ1v) is 3.60. The molecule has 3 nitrogen and oxygen atoms in total. The highest BCUT2D eigenvalue weighted by Crippen LogP contribution is 2.23. The smallest absolute Gasteiger partial charge is 0.220 e. The quantitative estimate of drug-likeness (QED) is 0.617. The maximum atomic E-state index is 10.8. The molecule has 10 heavy (non-hydrogen) atoms. The Morgan fingerprint density at radius 3 is 2.90 bits per heavy atom. The Balaban J connectivity index is 2.11. The molecule has 0 aromatic carbocycles. The summed E-state index contributed by atoms with van der Waals surface area (Å²) in [5.74, 6) is 0.115. The Kier molecular flexibility index (Phi) is 2.27. The molecule has 1 amide bonds. The molecule has 1 rings (SSSR count). The number of hydrogen-bond acceptors (Lipinski definition) is 2. The molecule has 3 heteroatoms. The van der Waals surface area contributed by atoms with Crippen LogP contribution in [0.15, 0.2) is 0 Å². The maximum Gasteiger partial charge on any atom is 0.220 e. The molecule has 1 fully saturated rings. The first-order chi connectivity index (χ1) is 4.77. The van der Waals surface area contributed by atoms with Crippen LogP contribution in [0.5, 0.6) is 0 Å². The number of carbonyl (C=O) groups excluding carboxylic acids is 1. The molecule has 0 saturated heterocycles. The van der Waals surface area contributed by atoms with Crippen LogP contribution in [0.25, 0.3) is 0 Å². The van der Waals surface area contributed by atoms with E-state index in [0.717, 1.165) is 6.42 Å². The lowest BCUT2D eigenvalue weighted by Crippen LogP contribution is -2.26. The monoisotopic (exact) mass is 143 g/mol. The van der Waals surface area contributed by atoms with Gasteiger partial charge in [-0.1, -0.05) is 6.92 Å². The van der Waals surface area contributed by atoms with Crippen molar-refractivity contribution in [1.29, 1.82) is 0 Å². The lowest BCUT2D eigenvalue weighted by molar-refractivity contribution is -0.121. The Morgan fingerprint density at radius 1 is 1.80 bits per heavy atom. The van der Waals surface area contributed by atoms with E-state index in [1.165, 1.54) is 0 Å². The summed E-state index contributed by atoms with van der Waals surface area (Å²) in [6.45, 7) is 1.85. The van der Waals surface area contributed by atoms with Crippen molar-refractivity contribution in [2.75, 3.05) is 7.11 Å². The largest absolute Gasteiger partial charge is 0.379 e. The van der Waals surface area contributed by atoms with Gasteiger partial charge in [0.2, 0.25) is 5.91 Å². The van der Waals surface area contributed by atoms with Gasteiger partial charge < -0.3 is 10.1 Å². The molecule has 0 radical (unpaired) electrons. The zero-order valence-corrected chi connectivity index (χ0v) is 6.39. The summed E-state index contributed by atoms with van der Waals surface area (Å²) in [7, 11) is 1.67. The second kappa shape index (κ2) is 3.01. The standard InChI is InChI=1S/C7H13NO2/c1-3-7(9)8-5-4-6(5)10-2/h5-6H,3-4H2,1-2H3,(H,8,9). The minimum atomic E-state index is 0.115. The molecule has 0 aliphatic heterocycles. The van der Waals surface area contributed by atoms with Gasteiger partial charge in [0.1, 0.15) is 0 Å². The SMILES string of the molecule is CCC(=O)NC1CC1OC. The predicted octanol–water partition coefficient (Wildman–Crippen LogP) is 0.300. The van der Waals surface area contributed by atoms with E-state index in [2.05, 4.69) is 5.32 Å². The molecule has 1 aliphatic carbocycles. The van der Waals surface area contributed by atoms with E-state index in [4.69, 9.17) is 4.74 Å². The van der Waals surface area contributed by atoms with E-state index < -0.39 is 0 Å². The first kappa shape index (κ1) is 7.54. The average Bonchev–Trinajstić information content (AvgIpc) is 2.67. The van der Waals surface area contributed by atoms with Crippen molar-refractivity contribution in [3.63, 3.8) is 0 Å². The van der Waals surface area contributed by atoms with Crippen LogP contribution in [0.2, 0.25) is 0 Å². The molecule has 1 saturated carbocycles. The zero-order chi connectivity index (χ0) is 7.56. The van der Waals surface area contributed by atoms with Gasteiger partial charge in [-0.25, -0.2) is 0 Å². The number of amides is 1. The molecule has 2 unspecified atom stereocenters. The van der Waals surface area contributed by atoms with Gasteiger partial charge in [0, 0.05) is 13.5 Å². The van der Waals surface area contributed by atoms with Crippen molar-refractivity contribution < 1.29 is 9.53 Å². The lowest BCUT2D eigenvalue weighted by atomic mass is 10.4. The van der Waals surface area contributed by atoms with Gasteiger partial charge in [-0.05, 0) is 6.42 Å². The van der Waals surface area contributed by atoms with Crippen LogP contribution in [0.1, 0.15) is 19.8 Å². The molecule has 0 spiro atoms. The van der Waals surface area contributed by atoms with Gasteiger partial charge in [-0.15, -0.1) is 0 Å². The van der Waals surface area contributed by atoms with Gasteiger partial charge >= 0.3 is 0 Å². The molecular weight excluding hydrogens is 130 g/mol. The van der Waals surface area contributed by atoms with Gasteiger partial charge in [0.05, 0.1) is 12.1 Å². The molecule has 2 atom stereocenters. The number of methoxy groups -OCH3 is 1. The molecular formula is C7H13NO2. The minimum Gasteiger partial charge on any atom is -0.379 e. The molecule has 58 valence electrons. The summed E-state index contributed by atoms with van der Waals surface area (Å²) in [6, 6.07) is 0.289. The second-order valence-electron chi connectivity index (χ2n) is 2.54. The van der Waals surface area contributed by atoms with Crippen molar-refractivity contribution in [3.8, 4) is 0 Å². The number of nitrogens with one attached hydrogen (secondary N) is 1. The number of ether oxygens (including phenoxy) is 1. The number of carbonyl (C=O) groups is 1. The summed E-state index contributed by atoms with van der Waals surface area (Å²) < 4.78 is 5.00. The Bertz CT molecular complexity index is 136. The Morgan fingerprint density at radius 2 is 2.50 bits per heavy atom. The van der Waals surface area contributed by atoms with E-state index in [1.807, 2.05) is 6.92 Å². The molecule has 0 heterocycles. The summed E-state index contributed by atoms with van der Waals surface area (Å²) in [6.07, 6.45) is 1.81. The molecule has 0 aromatic rings. The van der Waals surface area contributed by atoms with Crippen LogP contribution in [0.3, 0.4) is 0 Å². The van der Waals surface area contributed by atoms with Gasteiger partial charge in [-0.2, -0.15) is 0 Å². The molecule has 1 aliphatic rings. The minimum absolute atomic E-state index is 0.115. The summed E-state index contributed by atoms with van der Waals surface area (Å²) in [5, 5.41) is 2.84. The highest BCUT2D eigenvalue weighted by molar-refractivity contribution is 5.76. The number of rotatable bonds is 3. The highest BCUT2D eigenvalue weighted by atomic mass is 16.5. The summed E-state index contributed by atoms with van der Waals surface area (Å²) in [4.78, 5) is 10.8. The third-order valence-electron chi connectivity index (χ3n) is 1.70. The van der Waals surface area contributed by atoms with Gasteiger partial charge in [0.25, 0.3) is 0 Å². The van der Waals surface area contributed by atoms with Crippen LogP contribution in [0.4, 0.5) is 0 Å². The van der Waals surface area contributed by atoms with E-state index >= 15 is 0 Å². The number of hydrogen-bond donors (Lipinski definition) is 1. The summed E-state index contributed by atoms with van der Waals surface area (Å²) >= 11 is 0. The van der Waals surface area contributed by atoms with E-state index in [-0.39, 0.29) is 18.1 Å². The maximum absolute atomic E-state index is 10.8. The van der Waals surface area contributed by atoms with Crippen LogP contribution in [-0.2, 0) is 9.53 Å².